The van der Waals surface area contributed by atoms with Gasteiger partial charge in [0.05, 0.1) is 11.6 Å². The van der Waals surface area contributed by atoms with Crippen molar-refractivity contribution in [2.45, 2.75) is 46.2 Å². The molecule has 7 nitrogen and oxygen atoms in total. The van der Waals surface area contributed by atoms with Crippen LogP contribution in [-0.2, 0) is 5.54 Å². The van der Waals surface area contributed by atoms with Crippen molar-refractivity contribution in [2.75, 3.05) is 50.1 Å². The molecule has 0 unspecified atom stereocenters. The van der Waals surface area contributed by atoms with E-state index >= 15 is 0 Å². The van der Waals surface area contributed by atoms with E-state index in [4.69, 9.17) is 0 Å². The van der Waals surface area contributed by atoms with Crippen LogP contribution < -0.4 is 9.80 Å². The highest BCUT2D eigenvalue weighted by Crippen LogP contribution is 2.32. The summed E-state index contributed by atoms with van der Waals surface area (Å²) in [7, 11) is 4.14. The number of aryl methyl sites for hydroxylation is 2. The second kappa shape index (κ2) is 9.14. The van der Waals surface area contributed by atoms with Crippen LogP contribution in [0.25, 0.3) is 0 Å². The minimum atomic E-state index is -0.193. The van der Waals surface area contributed by atoms with Crippen molar-refractivity contribution < 1.29 is 0 Å². The molecule has 1 aliphatic heterocycles. The fourth-order valence-corrected chi connectivity index (χ4v) is 4.60. The quantitative estimate of drug-likeness (QED) is 0.589. The first-order chi connectivity index (χ1) is 15.6. The zero-order valence-corrected chi connectivity index (χ0v) is 21.1. The average Bonchev–Trinajstić information content (AvgIpc) is 3.27. The van der Waals surface area contributed by atoms with Crippen molar-refractivity contribution in [3.8, 4) is 0 Å². The fraction of sp³-hybridized carbons (Fsp3) is 0.500. The minimum Gasteiger partial charge on any atom is -0.378 e. The van der Waals surface area contributed by atoms with Gasteiger partial charge in [0, 0.05) is 51.6 Å². The van der Waals surface area contributed by atoms with Crippen molar-refractivity contribution in [2.24, 2.45) is 0 Å². The van der Waals surface area contributed by atoms with Crippen LogP contribution >= 0.6 is 0 Å². The SMILES string of the molecule is Cc1ccc(C)c(N2CCN([C@H](c3ccc(N(C)C)cc3)c3nnnn3C(C)(C)C)CC2)c1. The van der Waals surface area contributed by atoms with Gasteiger partial charge in [-0.2, -0.15) is 0 Å². The predicted octanol–water partition coefficient (Wildman–Crippen LogP) is 4.02. The van der Waals surface area contributed by atoms with Crippen LogP contribution in [0, 0.1) is 13.8 Å². The van der Waals surface area contributed by atoms with E-state index in [0.717, 1.165) is 32.0 Å². The Morgan fingerprint density at radius 1 is 0.909 bits per heavy atom. The summed E-state index contributed by atoms with van der Waals surface area (Å²) in [5.74, 6) is 0.903. The molecule has 4 rings (SSSR count). The lowest BCUT2D eigenvalue weighted by Gasteiger charge is -2.41. The van der Waals surface area contributed by atoms with Crippen molar-refractivity contribution in [3.05, 3.63) is 65.0 Å². The van der Waals surface area contributed by atoms with Crippen LogP contribution in [0.3, 0.4) is 0 Å². The molecule has 2 aromatic carbocycles. The minimum absolute atomic E-state index is 0.0104. The van der Waals surface area contributed by atoms with Crippen LogP contribution in [0.4, 0.5) is 11.4 Å². The summed E-state index contributed by atoms with van der Waals surface area (Å²) < 4.78 is 1.98. The molecule has 2 heterocycles. The van der Waals surface area contributed by atoms with Gasteiger partial charge in [0.2, 0.25) is 0 Å². The molecule has 0 N–H and O–H groups in total. The van der Waals surface area contributed by atoms with Crippen molar-refractivity contribution in [1.82, 2.24) is 25.1 Å². The van der Waals surface area contributed by atoms with Crippen molar-refractivity contribution >= 4 is 11.4 Å². The summed E-state index contributed by atoms with van der Waals surface area (Å²) in [6, 6.07) is 15.5. The Kier molecular flexibility index (Phi) is 6.43. The number of benzene rings is 2. The zero-order valence-electron chi connectivity index (χ0n) is 21.1. The number of anilines is 2. The van der Waals surface area contributed by atoms with Crippen LogP contribution in [0.5, 0.6) is 0 Å². The summed E-state index contributed by atoms with van der Waals surface area (Å²) in [5.41, 5.74) is 6.21. The van der Waals surface area contributed by atoms with E-state index in [0.29, 0.717) is 0 Å². The molecule has 0 spiro atoms. The molecule has 0 radical (unpaired) electrons. The van der Waals surface area contributed by atoms with E-state index in [1.165, 1.54) is 28.1 Å². The first-order valence-corrected chi connectivity index (χ1v) is 11.8. The van der Waals surface area contributed by atoms with E-state index in [9.17, 15) is 0 Å². The monoisotopic (exact) mass is 447 g/mol. The summed E-state index contributed by atoms with van der Waals surface area (Å²) >= 11 is 0. The van der Waals surface area contributed by atoms with Crippen LogP contribution in [0.1, 0.15) is 49.3 Å². The second-order valence-electron chi connectivity index (χ2n) is 10.3. The molecule has 0 bridgehead atoms. The van der Waals surface area contributed by atoms with Gasteiger partial charge in [-0.05, 0) is 79.9 Å². The van der Waals surface area contributed by atoms with Crippen LogP contribution in [0.2, 0.25) is 0 Å². The molecule has 33 heavy (non-hydrogen) atoms. The Hall–Kier alpha value is -2.93. The fourth-order valence-electron chi connectivity index (χ4n) is 4.60. The molecule has 0 saturated carbocycles. The van der Waals surface area contributed by atoms with Crippen LogP contribution in [0.15, 0.2) is 42.5 Å². The molecule has 7 heteroatoms. The largest absolute Gasteiger partial charge is 0.378 e. The maximum Gasteiger partial charge on any atom is 0.173 e. The van der Waals surface area contributed by atoms with Crippen molar-refractivity contribution in [3.63, 3.8) is 0 Å². The molecule has 1 aliphatic rings. The maximum atomic E-state index is 4.53. The zero-order chi connectivity index (χ0) is 23.8. The van der Waals surface area contributed by atoms with E-state index in [-0.39, 0.29) is 11.6 Å². The molecule has 1 fully saturated rings. The third-order valence-corrected chi connectivity index (χ3v) is 6.48. The maximum absolute atomic E-state index is 4.53. The number of rotatable bonds is 5. The summed E-state index contributed by atoms with van der Waals surface area (Å²) in [4.78, 5) is 7.17. The number of tetrazole rings is 1. The number of hydrogen-bond acceptors (Lipinski definition) is 6. The highest BCUT2D eigenvalue weighted by molar-refractivity contribution is 5.55. The third kappa shape index (κ3) is 4.88. The Bertz CT molecular complexity index is 1070. The van der Waals surface area contributed by atoms with Crippen molar-refractivity contribution in [1.29, 1.82) is 0 Å². The van der Waals surface area contributed by atoms with Gasteiger partial charge >= 0.3 is 0 Å². The van der Waals surface area contributed by atoms with E-state index in [1.807, 2.05) is 4.68 Å². The molecule has 1 saturated heterocycles. The Morgan fingerprint density at radius 2 is 1.58 bits per heavy atom. The first-order valence-electron chi connectivity index (χ1n) is 11.8. The average molecular weight is 448 g/mol. The lowest BCUT2D eigenvalue weighted by Crippen LogP contribution is -2.49. The lowest BCUT2D eigenvalue weighted by atomic mass is 10.0. The highest BCUT2D eigenvalue weighted by Gasteiger charge is 2.33. The molecular formula is C26H37N7. The second-order valence-corrected chi connectivity index (χ2v) is 10.3. The van der Waals surface area contributed by atoms with Gasteiger partial charge in [-0.25, -0.2) is 4.68 Å². The normalized spacial score (nSPS) is 16.2. The molecule has 1 atom stereocenters. The number of aromatic nitrogens is 4. The predicted molar refractivity (Wildman–Crippen MR) is 135 cm³/mol. The van der Waals surface area contributed by atoms with E-state index in [1.54, 1.807) is 0 Å². The van der Waals surface area contributed by atoms with E-state index in [2.05, 4.69) is 121 Å². The van der Waals surface area contributed by atoms with Gasteiger partial charge in [-0.1, -0.05) is 24.3 Å². The van der Waals surface area contributed by atoms with Gasteiger partial charge in [-0.3, -0.25) is 4.90 Å². The van der Waals surface area contributed by atoms with Gasteiger partial charge in [0.15, 0.2) is 5.82 Å². The molecular weight excluding hydrogens is 410 g/mol. The molecule has 0 aliphatic carbocycles. The smallest absolute Gasteiger partial charge is 0.173 e. The number of nitrogens with zero attached hydrogens (tertiary/aromatic N) is 7. The van der Waals surface area contributed by atoms with Gasteiger partial charge < -0.3 is 9.80 Å². The van der Waals surface area contributed by atoms with E-state index < -0.39 is 0 Å². The topological polar surface area (TPSA) is 53.3 Å². The molecule has 3 aromatic rings. The van der Waals surface area contributed by atoms with Gasteiger partial charge in [0.1, 0.15) is 0 Å². The highest BCUT2D eigenvalue weighted by atomic mass is 15.6. The lowest BCUT2D eigenvalue weighted by molar-refractivity contribution is 0.191. The third-order valence-electron chi connectivity index (χ3n) is 6.48. The number of hydrogen-bond donors (Lipinski definition) is 0. The summed E-state index contributed by atoms with van der Waals surface area (Å²) in [6.07, 6.45) is 0. The summed E-state index contributed by atoms with van der Waals surface area (Å²) in [6.45, 7) is 14.7. The van der Waals surface area contributed by atoms with Gasteiger partial charge in [0.25, 0.3) is 0 Å². The Labute approximate surface area is 198 Å². The van der Waals surface area contributed by atoms with Gasteiger partial charge in [-0.15, -0.1) is 5.10 Å². The molecule has 176 valence electrons. The molecule has 1 aromatic heterocycles. The first kappa shape index (κ1) is 23.2. The Morgan fingerprint density at radius 3 is 2.18 bits per heavy atom. The molecule has 0 amide bonds. The number of piperazine rings is 1. The van der Waals surface area contributed by atoms with Crippen LogP contribution in [-0.4, -0.2) is 65.4 Å². The standard InChI is InChI=1S/C26H37N7/c1-19-8-9-20(2)23(18-19)31-14-16-32(17-15-31)24(21-10-12-22(13-11-21)30(6)7)25-27-28-29-33(25)26(3,4)5/h8-13,18,24H,14-17H2,1-7H3/t24-/m1/s1. The summed E-state index contributed by atoms with van der Waals surface area (Å²) in [5, 5.41) is 13.0. The Balaban J connectivity index is 1.65.